The fraction of sp³-hybridized carbons (Fsp3) is 0.200. The fourth-order valence-electron chi connectivity index (χ4n) is 0.263. The first-order valence-corrected chi connectivity index (χ1v) is 2.16. The van der Waals surface area contributed by atoms with E-state index in [9.17, 15) is 0 Å². The summed E-state index contributed by atoms with van der Waals surface area (Å²) in [7, 11) is 0. The van der Waals surface area contributed by atoms with E-state index in [2.05, 4.69) is 23.4 Å². The van der Waals surface area contributed by atoms with E-state index in [0.29, 0.717) is 12.2 Å². The van der Waals surface area contributed by atoms with Crippen LogP contribution in [-0.4, -0.2) is 20.0 Å². The fourth-order valence-corrected chi connectivity index (χ4v) is 0.263. The monoisotopic (exact) mass is 111 g/mol. The van der Waals surface area contributed by atoms with Gasteiger partial charge in [-0.3, -0.25) is 9.98 Å². The second-order valence-corrected chi connectivity index (χ2v) is 1.17. The summed E-state index contributed by atoms with van der Waals surface area (Å²) in [5.74, 6) is 0. The van der Waals surface area contributed by atoms with Crippen molar-refractivity contribution in [3.8, 4) is 0 Å². The minimum Gasteiger partial charge on any atom is -0.325 e. The number of hydrogen-bond acceptors (Lipinski definition) is 3. The Morgan fingerprint density at radius 2 is 2.25 bits per heavy atom. The summed E-state index contributed by atoms with van der Waals surface area (Å²) < 4.78 is 0. The van der Waals surface area contributed by atoms with Crippen LogP contribution in [0, 0.1) is 0 Å². The zero-order chi connectivity index (χ0) is 6.41. The maximum atomic E-state index is 5.18. The highest BCUT2D eigenvalue weighted by Crippen LogP contribution is 1.89. The summed E-state index contributed by atoms with van der Waals surface area (Å²) in [5.41, 5.74) is 5.83. The predicted octanol–water partition coefficient (Wildman–Crippen LogP) is 0.188. The first kappa shape index (κ1) is 7.04. The smallest absolute Gasteiger partial charge is 0.0714 e. The van der Waals surface area contributed by atoms with Crippen molar-refractivity contribution in [2.45, 2.75) is 0 Å². The molecular formula is C5H9N3. The van der Waals surface area contributed by atoms with Gasteiger partial charge in [-0.1, -0.05) is 0 Å². The van der Waals surface area contributed by atoms with Gasteiger partial charge < -0.3 is 5.73 Å². The molecule has 0 saturated carbocycles. The maximum Gasteiger partial charge on any atom is 0.0714 e. The van der Waals surface area contributed by atoms with Crippen LogP contribution in [0.15, 0.2) is 21.9 Å². The second-order valence-electron chi connectivity index (χ2n) is 1.17. The number of nitrogens with two attached hydrogens (primary N) is 1. The first-order valence-electron chi connectivity index (χ1n) is 2.16. The van der Waals surface area contributed by atoms with Gasteiger partial charge >= 0.3 is 0 Å². The molecule has 0 aromatic heterocycles. The van der Waals surface area contributed by atoms with Gasteiger partial charge in [0, 0.05) is 12.7 Å². The van der Waals surface area contributed by atoms with E-state index in [4.69, 9.17) is 5.73 Å². The van der Waals surface area contributed by atoms with Crippen LogP contribution >= 0.6 is 0 Å². The van der Waals surface area contributed by atoms with Crippen LogP contribution in [0.2, 0.25) is 0 Å². The largest absolute Gasteiger partial charge is 0.325 e. The van der Waals surface area contributed by atoms with Crippen LogP contribution in [0.1, 0.15) is 0 Å². The minimum atomic E-state index is 0.364. The lowest BCUT2D eigenvalue weighted by atomic mass is 10.5. The van der Waals surface area contributed by atoms with Crippen molar-refractivity contribution >= 4 is 13.4 Å². The SMILES string of the molecule is C=NC=C(CN)N=C. The summed E-state index contributed by atoms with van der Waals surface area (Å²) in [6.07, 6.45) is 1.48. The lowest BCUT2D eigenvalue weighted by molar-refractivity contribution is 1.10. The molecular weight excluding hydrogens is 102 g/mol. The zero-order valence-corrected chi connectivity index (χ0v) is 4.67. The Morgan fingerprint density at radius 1 is 1.62 bits per heavy atom. The highest BCUT2D eigenvalue weighted by atomic mass is 14.8. The average Bonchev–Trinajstić information content (AvgIpc) is 1.83. The van der Waals surface area contributed by atoms with Crippen molar-refractivity contribution in [2.24, 2.45) is 15.7 Å². The van der Waals surface area contributed by atoms with Gasteiger partial charge in [-0.2, -0.15) is 0 Å². The number of hydrogen-bond donors (Lipinski definition) is 1. The summed E-state index contributed by atoms with van der Waals surface area (Å²) >= 11 is 0. The number of nitrogens with zero attached hydrogens (tertiary/aromatic N) is 2. The third-order valence-electron chi connectivity index (χ3n) is 0.653. The van der Waals surface area contributed by atoms with Crippen LogP contribution in [0.25, 0.3) is 0 Å². The van der Waals surface area contributed by atoms with E-state index in [1.165, 1.54) is 6.20 Å². The molecule has 0 fully saturated rings. The molecule has 0 spiro atoms. The average molecular weight is 111 g/mol. The summed E-state index contributed by atoms with van der Waals surface area (Å²) in [5, 5.41) is 0. The predicted molar refractivity (Wildman–Crippen MR) is 36.2 cm³/mol. The van der Waals surface area contributed by atoms with Crippen molar-refractivity contribution in [3.05, 3.63) is 11.9 Å². The summed E-state index contributed by atoms with van der Waals surface area (Å²) in [6.45, 7) is 6.85. The van der Waals surface area contributed by atoms with Gasteiger partial charge in [0.05, 0.1) is 5.70 Å². The van der Waals surface area contributed by atoms with Gasteiger partial charge in [0.25, 0.3) is 0 Å². The maximum absolute atomic E-state index is 5.18. The van der Waals surface area contributed by atoms with E-state index < -0.39 is 0 Å². The van der Waals surface area contributed by atoms with Crippen LogP contribution < -0.4 is 5.73 Å². The molecule has 0 heterocycles. The Kier molecular flexibility index (Phi) is 3.70. The molecule has 0 rings (SSSR count). The first-order chi connectivity index (χ1) is 3.85. The molecule has 0 aliphatic carbocycles. The van der Waals surface area contributed by atoms with Crippen LogP contribution in [0.3, 0.4) is 0 Å². The van der Waals surface area contributed by atoms with E-state index in [0.717, 1.165) is 0 Å². The Bertz CT molecular complexity index is 115. The molecule has 0 unspecified atom stereocenters. The van der Waals surface area contributed by atoms with Crippen molar-refractivity contribution in [1.82, 2.24) is 0 Å². The molecule has 2 N–H and O–H groups in total. The molecule has 0 aliphatic rings. The number of aliphatic imine (C=N–C) groups is 2. The molecule has 0 aromatic rings. The van der Waals surface area contributed by atoms with E-state index in [-0.39, 0.29) is 0 Å². The summed E-state index contributed by atoms with van der Waals surface area (Å²) in [6, 6.07) is 0. The third-order valence-corrected chi connectivity index (χ3v) is 0.653. The molecule has 0 aromatic carbocycles. The van der Waals surface area contributed by atoms with Crippen LogP contribution in [0.5, 0.6) is 0 Å². The minimum absolute atomic E-state index is 0.364. The lowest BCUT2D eigenvalue weighted by Crippen LogP contribution is -1.99. The lowest BCUT2D eigenvalue weighted by Gasteiger charge is -1.88. The molecule has 0 aliphatic heterocycles. The highest BCUT2D eigenvalue weighted by Gasteiger charge is 1.81. The summed E-state index contributed by atoms with van der Waals surface area (Å²) in [4.78, 5) is 7.00. The van der Waals surface area contributed by atoms with Gasteiger partial charge in [-0.05, 0) is 13.4 Å². The van der Waals surface area contributed by atoms with Gasteiger partial charge in [0.2, 0.25) is 0 Å². The van der Waals surface area contributed by atoms with Gasteiger partial charge in [-0.25, -0.2) is 0 Å². The van der Waals surface area contributed by atoms with E-state index in [1.54, 1.807) is 0 Å². The Balaban J connectivity index is 3.84. The molecule has 0 atom stereocenters. The quantitative estimate of drug-likeness (QED) is 0.519. The van der Waals surface area contributed by atoms with Crippen LogP contribution in [0.4, 0.5) is 0 Å². The van der Waals surface area contributed by atoms with Crippen molar-refractivity contribution in [2.75, 3.05) is 6.54 Å². The Morgan fingerprint density at radius 3 is 2.38 bits per heavy atom. The molecule has 0 amide bonds. The Hall–Kier alpha value is -0.960. The molecule has 0 saturated heterocycles. The molecule has 0 bridgehead atoms. The van der Waals surface area contributed by atoms with Gasteiger partial charge in [0.1, 0.15) is 0 Å². The molecule has 3 nitrogen and oxygen atoms in total. The normalized spacial score (nSPS) is 10.9. The zero-order valence-electron chi connectivity index (χ0n) is 4.67. The molecule has 0 radical (unpaired) electrons. The molecule has 8 heavy (non-hydrogen) atoms. The third kappa shape index (κ3) is 2.25. The highest BCUT2D eigenvalue weighted by molar-refractivity contribution is 5.31. The molecule has 3 heteroatoms. The van der Waals surface area contributed by atoms with E-state index >= 15 is 0 Å². The van der Waals surface area contributed by atoms with E-state index in [1.807, 2.05) is 0 Å². The number of rotatable bonds is 3. The van der Waals surface area contributed by atoms with Gasteiger partial charge in [0.15, 0.2) is 0 Å². The standard InChI is InChI=1S/C5H9N3/c1-7-4-5(3-6)8-2/h4H,1-3,6H2. The van der Waals surface area contributed by atoms with Crippen molar-refractivity contribution < 1.29 is 0 Å². The second kappa shape index (κ2) is 4.21. The Labute approximate surface area is 48.6 Å². The van der Waals surface area contributed by atoms with Crippen molar-refractivity contribution in [1.29, 1.82) is 0 Å². The van der Waals surface area contributed by atoms with Crippen molar-refractivity contribution in [3.63, 3.8) is 0 Å². The topological polar surface area (TPSA) is 50.7 Å². The molecule has 44 valence electrons. The van der Waals surface area contributed by atoms with Gasteiger partial charge in [-0.15, -0.1) is 0 Å². The van der Waals surface area contributed by atoms with Crippen LogP contribution in [-0.2, 0) is 0 Å².